The molecule has 12 heavy (non-hydrogen) atoms. The molecule has 0 saturated heterocycles. The van der Waals surface area contributed by atoms with Crippen LogP contribution in [0.4, 0.5) is 0 Å². The van der Waals surface area contributed by atoms with Crippen LogP contribution < -0.4 is 5.32 Å². The zero-order valence-electron chi connectivity index (χ0n) is 7.58. The average Bonchev–Trinajstić information content (AvgIpc) is 2.08. The van der Waals surface area contributed by atoms with Crippen LogP contribution in [0.5, 0.6) is 0 Å². The second-order valence-electron chi connectivity index (χ2n) is 2.97. The predicted octanol–water partition coefficient (Wildman–Crippen LogP) is 1.82. The van der Waals surface area contributed by atoms with Crippen LogP contribution in [0.3, 0.4) is 0 Å². The molecule has 0 aromatic carbocycles. The number of hydrogen-bond acceptors (Lipinski definition) is 2. The van der Waals surface area contributed by atoms with E-state index in [4.69, 9.17) is 8.76 Å². The van der Waals surface area contributed by atoms with Gasteiger partial charge < -0.3 is 5.32 Å². The van der Waals surface area contributed by atoms with Gasteiger partial charge in [0.15, 0.2) is 0 Å². The van der Waals surface area contributed by atoms with Gasteiger partial charge in [-0.1, -0.05) is 30.7 Å². The summed E-state index contributed by atoms with van der Waals surface area (Å²) >= 11 is -0.500. The topological polar surface area (TPSA) is 49.3 Å². The van der Waals surface area contributed by atoms with Crippen molar-refractivity contribution in [3.8, 4) is 0 Å². The summed E-state index contributed by atoms with van der Waals surface area (Å²) in [6, 6.07) is 0.851. The molecule has 0 aromatic heterocycles. The zero-order chi connectivity index (χ0) is 9.23. The molecule has 0 aromatic rings. The molecule has 0 aliphatic heterocycles. The first-order chi connectivity index (χ1) is 5.85. The van der Waals surface area contributed by atoms with E-state index in [0.717, 1.165) is 12.6 Å². The van der Waals surface area contributed by atoms with E-state index in [1.54, 1.807) is 0 Å². The van der Waals surface area contributed by atoms with E-state index in [-0.39, 0.29) is 0 Å². The van der Waals surface area contributed by atoms with Crippen molar-refractivity contribution < 1.29 is 8.76 Å². The van der Waals surface area contributed by atoms with Crippen molar-refractivity contribution in [2.75, 3.05) is 6.54 Å². The molecular formula is C8H18NO2S+. The maximum absolute atomic E-state index is 8.40. The molecule has 1 fully saturated rings. The van der Waals surface area contributed by atoms with Gasteiger partial charge in [-0.05, 0) is 19.4 Å². The fraction of sp³-hybridized carbons (Fsp3) is 1.00. The molecule has 1 rings (SSSR count). The lowest BCUT2D eigenvalue weighted by atomic mass is 9.96. The highest BCUT2D eigenvalue weighted by molar-refractivity contribution is 7.59. The monoisotopic (exact) mass is 192 g/mol. The fourth-order valence-corrected chi connectivity index (χ4v) is 1.60. The van der Waals surface area contributed by atoms with E-state index in [1.165, 1.54) is 32.1 Å². The SMILES string of the molecule is CCNC1CCCCC1.O=[S+]O. The minimum absolute atomic E-state index is 0.500. The standard InChI is InChI=1S/C8H17N.O2S/c1-2-9-8-6-4-3-5-7-8;1-3-2/h8-9H,2-7H2,1H3;/p+1. The van der Waals surface area contributed by atoms with Crippen molar-refractivity contribution in [2.24, 2.45) is 0 Å². The summed E-state index contributed by atoms with van der Waals surface area (Å²) in [5.41, 5.74) is 0. The third kappa shape index (κ3) is 6.64. The van der Waals surface area contributed by atoms with E-state index in [9.17, 15) is 0 Å². The van der Waals surface area contributed by atoms with E-state index in [1.807, 2.05) is 0 Å². The molecule has 0 amide bonds. The van der Waals surface area contributed by atoms with Gasteiger partial charge >= 0.3 is 11.9 Å². The smallest absolute Gasteiger partial charge is 0.314 e. The first kappa shape index (κ1) is 11.9. The molecular weight excluding hydrogens is 174 g/mol. The van der Waals surface area contributed by atoms with Crippen molar-refractivity contribution in [1.82, 2.24) is 5.32 Å². The highest BCUT2D eigenvalue weighted by atomic mass is 32.2. The van der Waals surface area contributed by atoms with Crippen LogP contribution in [0.1, 0.15) is 39.0 Å². The maximum atomic E-state index is 8.40. The molecule has 1 saturated carbocycles. The van der Waals surface area contributed by atoms with Crippen molar-refractivity contribution in [2.45, 2.75) is 45.1 Å². The molecule has 4 heteroatoms. The van der Waals surface area contributed by atoms with Gasteiger partial charge in [-0.3, -0.25) is 0 Å². The highest BCUT2D eigenvalue weighted by Gasteiger charge is 2.10. The maximum Gasteiger partial charge on any atom is 0.690 e. The number of nitrogens with one attached hydrogen (secondary N) is 1. The largest absolute Gasteiger partial charge is 0.690 e. The van der Waals surface area contributed by atoms with Gasteiger partial charge in [-0.25, -0.2) is 0 Å². The van der Waals surface area contributed by atoms with Crippen LogP contribution in [0.25, 0.3) is 0 Å². The van der Waals surface area contributed by atoms with Crippen LogP contribution in [-0.4, -0.2) is 17.1 Å². The normalized spacial score (nSPS) is 17.8. The summed E-state index contributed by atoms with van der Waals surface area (Å²) in [7, 11) is 0. The van der Waals surface area contributed by atoms with E-state index < -0.39 is 11.9 Å². The van der Waals surface area contributed by atoms with E-state index in [0.29, 0.717) is 0 Å². The lowest BCUT2D eigenvalue weighted by Gasteiger charge is -2.21. The molecule has 2 N–H and O–H groups in total. The Morgan fingerprint density at radius 3 is 2.33 bits per heavy atom. The lowest BCUT2D eigenvalue weighted by Crippen LogP contribution is -2.30. The first-order valence-electron chi connectivity index (χ1n) is 4.52. The Kier molecular flexibility index (Phi) is 8.99. The van der Waals surface area contributed by atoms with Gasteiger partial charge in [0.2, 0.25) is 0 Å². The van der Waals surface area contributed by atoms with Crippen LogP contribution in [-0.2, 0) is 16.2 Å². The Morgan fingerprint density at radius 2 is 1.92 bits per heavy atom. The first-order valence-corrected chi connectivity index (χ1v) is 5.21. The number of hydrogen-bond donors (Lipinski definition) is 2. The van der Waals surface area contributed by atoms with Crippen LogP contribution >= 0.6 is 0 Å². The molecule has 1 aliphatic rings. The van der Waals surface area contributed by atoms with Gasteiger partial charge in [0, 0.05) is 6.04 Å². The Hall–Kier alpha value is -0.0600. The summed E-state index contributed by atoms with van der Waals surface area (Å²) in [5, 5.41) is 3.48. The summed E-state index contributed by atoms with van der Waals surface area (Å²) in [4.78, 5) is 0. The van der Waals surface area contributed by atoms with Gasteiger partial charge in [-0.2, -0.15) is 0 Å². The number of rotatable bonds is 2. The van der Waals surface area contributed by atoms with Gasteiger partial charge in [0.25, 0.3) is 0 Å². The summed E-state index contributed by atoms with van der Waals surface area (Å²) in [6.45, 7) is 3.33. The fourth-order valence-electron chi connectivity index (χ4n) is 1.60. The van der Waals surface area contributed by atoms with Crippen LogP contribution in [0.15, 0.2) is 0 Å². The summed E-state index contributed by atoms with van der Waals surface area (Å²) in [6.07, 6.45) is 7.17. The molecule has 0 spiro atoms. The van der Waals surface area contributed by atoms with Crippen molar-refractivity contribution in [1.29, 1.82) is 0 Å². The minimum atomic E-state index is -0.500. The summed E-state index contributed by atoms with van der Waals surface area (Å²) in [5.74, 6) is 0. The predicted molar refractivity (Wildman–Crippen MR) is 51.2 cm³/mol. The van der Waals surface area contributed by atoms with Crippen molar-refractivity contribution >= 4 is 11.9 Å². The second-order valence-corrected chi connectivity index (χ2v) is 3.12. The Labute approximate surface area is 78.3 Å². The quantitative estimate of drug-likeness (QED) is 0.518. The van der Waals surface area contributed by atoms with Gasteiger partial charge in [0.1, 0.15) is 0 Å². The van der Waals surface area contributed by atoms with Crippen LogP contribution in [0.2, 0.25) is 0 Å². The Bertz CT molecular complexity index is 102. The van der Waals surface area contributed by atoms with Gasteiger partial charge in [0.05, 0.1) is 4.21 Å². The Morgan fingerprint density at radius 1 is 1.42 bits per heavy atom. The molecule has 1 aliphatic carbocycles. The third-order valence-corrected chi connectivity index (χ3v) is 2.10. The molecule has 0 atom stereocenters. The molecule has 72 valence electrons. The highest BCUT2D eigenvalue weighted by Crippen LogP contribution is 2.16. The molecule has 0 unspecified atom stereocenters. The third-order valence-electron chi connectivity index (χ3n) is 2.10. The van der Waals surface area contributed by atoms with Crippen LogP contribution in [0, 0.1) is 0 Å². The average molecular weight is 192 g/mol. The molecule has 3 nitrogen and oxygen atoms in total. The van der Waals surface area contributed by atoms with Crippen molar-refractivity contribution in [3.63, 3.8) is 0 Å². The zero-order valence-corrected chi connectivity index (χ0v) is 8.40. The molecule has 0 bridgehead atoms. The van der Waals surface area contributed by atoms with Crippen molar-refractivity contribution in [3.05, 3.63) is 0 Å². The Balaban J connectivity index is 0.000000354. The molecule has 0 heterocycles. The van der Waals surface area contributed by atoms with E-state index in [2.05, 4.69) is 12.2 Å². The molecule has 0 radical (unpaired) electrons. The summed E-state index contributed by atoms with van der Waals surface area (Å²) < 4.78 is 15.3. The minimum Gasteiger partial charge on any atom is -0.314 e. The lowest BCUT2D eigenvalue weighted by molar-refractivity contribution is 0.380. The van der Waals surface area contributed by atoms with Gasteiger partial charge in [-0.15, -0.1) is 0 Å². The van der Waals surface area contributed by atoms with E-state index >= 15 is 0 Å². The second kappa shape index (κ2) is 9.03.